The van der Waals surface area contributed by atoms with E-state index in [4.69, 9.17) is 5.11 Å². The lowest BCUT2D eigenvalue weighted by Gasteiger charge is -1.97. The fourth-order valence-electron chi connectivity index (χ4n) is 0.622. The van der Waals surface area contributed by atoms with Crippen molar-refractivity contribution in [2.45, 2.75) is 0 Å². The first kappa shape index (κ1) is 7.46. The fourth-order valence-corrected chi connectivity index (χ4v) is 0.622. The molecule has 0 aliphatic carbocycles. The highest BCUT2D eigenvalue weighted by atomic mass is 19.1. The summed E-state index contributed by atoms with van der Waals surface area (Å²) in [6.45, 7) is 0. The second-order valence-electron chi connectivity index (χ2n) is 1.86. The Kier molecular flexibility index (Phi) is 1.72. The number of hydrogen-bond donors (Lipinski definition) is 1. The van der Waals surface area contributed by atoms with Crippen LogP contribution in [-0.4, -0.2) is 11.1 Å². The summed E-state index contributed by atoms with van der Waals surface area (Å²) in [5.41, 5.74) is -0.494. The van der Waals surface area contributed by atoms with Gasteiger partial charge in [-0.3, -0.25) is 0 Å². The maximum absolute atomic E-state index is 12.2. The molecule has 4 nitrogen and oxygen atoms in total. The van der Waals surface area contributed by atoms with Gasteiger partial charge in [0.05, 0.1) is 0 Å². The first-order valence-electron chi connectivity index (χ1n) is 2.73. The SMILES string of the molecule is O=C(O)c1ccc(F)c[n+]1[O-]. The molecule has 1 aromatic rings. The molecule has 0 atom stereocenters. The van der Waals surface area contributed by atoms with Gasteiger partial charge in [0.25, 0.3) is 0 Å². The Labute approximate surface area is 61.1 Å². The Morgan fingerprint density at radius 2 is 2.27 bits per heavy atom. The van der Waals surface area contributed by atoms with Crippen LogP contribution in [0.2, 0.25) is 0 Å². The molecule has 5 heteroatoms. The lowest BCUT2D eigenvalue weighted by molar-refractivity contribution is -0.610. The topological polar surface area (TPSA) is 64.2 Å². The number of carboxylic acid groups (broad SMARTS) is 1. The van der Waals surface area contributed by atoms with Crippen LogP contribution in [0.3, 0.4) is 0 Å². The molecule has 0 fully saturated rings. The van der Waals surface area contributed by atoms with Gasteiger partial charge in [-0.25, -0.2) is 9.18 Å². The van der Waals surface area contributed by atoms with E-state index in [9.17, 15) is 14.4 Å². The van der Waals surface area contributed by atoms with Crippen molar-refractivity contribution in [3.63, 3.8) is 0 Å². The average molecular weight is 157 g/mol. The summed E-state index contributed by atoms with van der Waals surface area (Å²) >= 11 is 0. The van der Waals surface area contributed by atoms with E-state index in [-0.39, 0.29) is 4.73 Å². The zero-order valence-corrected chi connectivity index (χ0v) is 5.32. The lowest BCUT2D eigenvalue weighted by Crippen LogP contribution is -2.34. The lowest BCUT2D eigenvalue weighted by atomic mass is 10.3. The first-order valence-corrected chi connectivity index (χ1v) is 2.73. The largest absolute Gasteiger partial charge is 0.618 e. The van der Waals surface area contributed by atoms with Crippen LogP contribution in [0.25, 0.3) is 0 Å². The van der Waals surface area contributed by atoms with Gasteiger partial charge in [0, 0.05) is 6.07 Å². The first-order chi connectivity index (χ1) is 5.11. The Morgan fingerprint density at radius 1 is 1.64 bits per heavy atom. The van der Waals surface area contributed by atoms with Gasteiger partial charge in [0.2, 0.25) is 6.20 Å². The van der Waals surface area contributed by atoms with Crippen LogP contribution in [0.5, 0.6) is 0 Å². The zero-order valence-electron chi connectivity index (χ0n) is 5.32. The monoisotopic (exact) mass is 157 g/mol. The Morgan fingerprint density at radius 3 is 2.73 bits per heavy atom. The van der Waals surface area contributed by atoms with Crippen LogP contribution >= 0.6 is 0 Å². The van der Waals surface area contributed by atoms with Gasteiger partial charge in [-0.1, -0.05) is 0 Å². The molecule has 1 rings (SSSR count). The van der Waals surface area contributed by atoms with Gasteiger partial charge in [0.1, 0.15) is 0 Å². The predicted octanol–water partition coefficient (Wildman–Crippen LogP) is 0.157. The number of halogens is 1. The van der Waals surface area contributed by atoms with Crippen molar-refractivity contribution < 1.29 is 19.0 Å². The van der Waals surface area contributed by atoms with E-state index in [1.807, 2.05) is 0 Å². The van der Waals surface area contributed by atoms with E-state index in [1.165, 1.54) is 0 Å². The molecule has 0 saturated heterocycles. The predicted molar refractivity (Wildman–Crippen MR) is 32.3 cm³/mol. The van der Waals surface area contributed by atoms with E-state index < -0.39 is 17.5 Å². The molecule has 0 aliphatic rings. The van der Waals surface area contributed by atoms with E-state index >= 15 is 0 Å². The highest BCUT2D eigenvalue weighted by Gasteiger charge is 2.13. The van der Waals surface area contributed by atoms with Gasteiger partial charge >= 0.3 is 11.7 Å². The van der Waals surface area contributed by atoms with Crippen molar-refractivity contribution in [2.24, 2.45) is 0 Å². The third kappa shape index (κ3) is 1.43. The van der Waals surface area contributed by atoms with E-state index in [0.29, 0.717) is 6.20 Å². The maximum Gasteiger partial charge on any atom is 0.402 e. The van der Waals surface area contributed by atoms with Crippen molar-refractivity contribution in [1.82, 2.24) is 0 Å². The molecule has 0 radical (unpaired) electrons. The number of aromatic nitrogens is 1. The Balaban J connectivity index is 3.20. The summed E-state index contributed by atoms with van der Waals surface area (Å²) in [6, 6.07) is 1.82. The second-order valence-corrected chi connectivity index (χ2v) is 1.86. The molecule has 58 valence electrons. The van der Waals surface area contributed by atoms with E-state index in [0.717, 1.165) is 12.1 Å². The van der Waals surface area contributed by atoms with Gasteiger partial charge in [-0.05, 0) is 6.07 Å². The standard InChI is InChI=1S/C6H4FNO3/c7-4-1-2-5(6(9)10)8(11)3-4/h1-3H,(H,9,10). The average Bonchev–Trinajstić information content (AvgIpc) is 1.85. The van der Waals surface area contributed by atoms with Crippen LogP contribution in [0.1, 0.15) is 10.5 Å². The summed E-state index contributed by atoms with van der Waals surface area (Å²) in [7, 11) is 0. The van der Waals surface area contributed by atoms with Gasteiger partial charge in [-0.15, -0.1) is 0 Å². The summed E-state index contributed by atoms with van der Waals surface area (Å²) in [6.07, 6.45) is 0.559. The number of rotatable bonds is 1. The molecule has 0 aromatic carbocycles. The van der Waals surface area contributed by atoms with Crippen molar-refractivity contribution in [3.8, 4) is 0 Å². The molecule has 1 heterocycles. The Hall–Kier alpha value is -1.65. The minimum absolute atomic E-state index is 0.0301. The van der Waals surface area contributed by atoms with E-state index in [1.54, 1.807) is 0 Å². The van der Waals surface area contributed by atoms with Crippen molar-refractivity contribution in [2.75, 3.05) is 0 Å². The molecule has 1 N–H and O–H groups in total. The molecule has 0 saturated carbocycles. The second kappa shape index (κ2) is 2.53. The van der Waals surface area contributed by atoms with Crippen LogP contribution in [-0.2, 0) is 0 Å². The molecule has 0 amide bonds. The van der Waals surface area contributed by atoms with Gasteiger partial charge in [-0.2, -0.15) is 4.73 Å². The molecule has 0 aliphatic heterocycles. The fraction of sp³-hybridized carbons (Fsp3) is 0. The molecule has 0 bridgehead atoms. The summed E-state index contributed by atoms with van der Waals surface area (Å²) < 4.78 is 12.2. The zero-order chi connectivity index (χ0) is 8.43. The summed E-state index contributed by atoms with van der Waals surface area (Å²) in [5, 5.41) is 18.9. The Bertz CT molecular complexity index is 300. The van der Waals surface area contributed by atoms with Crippen LogP contribution in [0.4, 0.5) is 4.39 Å². The minimum atomic E-state index is -1.38. The normalized spacial score (nSPS) is 9.55. The molecular formula is C6H4FNO3. The number of carbonyl (C=O) groups is 1. The summed E-state index contributed by atoms with van der Waals surface area (Å²) in [4.78, 5) is 10.2. The van der Waals surface area contributed by atoms with Crippen LogP contribution in [0.15, 0.2) is 18.3 Å². The highest BCUT2D eigenvalue weighted by molar-refractivity contribution is 5.83. The number of pyridine rings is 1. The number of nitrogens with zero attached hydrogens (tertiary/aromatic N) is 1. The van der Waals surface area contributed by atoms with Crippen LogP contribution < -0.4 is 4.73 Å². The molecule has 11 heavy (non-hydrogen) atoms. The minimum Gasteiger partial charge on any atom is -0.618 e. The van der Waals surface area contributed by atoms with Crippen LogP contribution in [0, 0.1) is 11.0 Å². The van der Waals surface area contributed by atoms with Gasteiger partial charge < -0.3 is 10.3 Å². The van der Waals surface area contributed by atoms with Crippen molar-refractivity contribution in [1.29, 1.82) is 0 Å². The number of carboxylic acids is 1. The smallest absolute Gasteiger partial charge is 0.402 e. The highest BCUT2D eigenvalue weighted by Crippen LogP contribution is 1.95. The molecular weight excluding hydrogens is 153 g/mol. The number of hydrogen-bond acceptors (Lipinski definition) is 2. The summed E-state index contributed by atoms with van der Waals surface area (Å²) in [5.74, 6) is -2.13. The van der Waals surface area contributed by atoms with Crippen molar-refractivity contribution >= 4 is 5.97 Å². The third-order valence-electron chi connectivity index (χ3n) is 1.10. The molecule has 1 aromatic heterocycles. The maximum atomic E-state index is 12.2. The number of aromatic carboxylic acids is 1. The molecule has 0 spiro atoms. The quantitative estimate of drug-likeness (QED) is 0.466. The molecule has 0 unspecified atom stereocenters. The van der Waals surface area contributed by atoms with Gasteiger partial charge in [0.15, 0.2) is 5.82 Å². The van der Waals surface area contributed by atoms with E-state index in [2.05, 4.69) is 0 Å². The van der Waals surface area contributed by atoms with Crippen molar-refractivity contribution in [3.05, 3.63) is 35.0 Å². The third-order valence-corrected chi connectivity index (χ3v) is 1.10.